The van der Waals surface area contributed by atoms with Gasteiger partial charge < -0.3 is 9.73 Å². The van der Waals surface area contributed by atoms with Gasteiger partial charge in [-0.2, -0.15) is 0 Å². The van der Waals surface area contributed by atoms with Crippen LogP contribution >= 0.6 is 11.6 Å². The minimum absolute atomic E-state index is 0.601. The molecular formula is C16H13ClN2O. The Hall–Kier alpha value is -2.00. The average Bonchev–Trinajstić information content (AvgIpc) is 2.92. The highest BCUT2D eigenvalue weighted by Crippen LogP contribution is 2.35. The molecule has 0 amide bonds. The van der Waals surface area contributed by atoms with Gasteiger partial charge in [0.2, 0.25) is 5.89 Å². The van der Waals surface area contributed by atoms with Crippen molar-refractivity contribution in [1.82, 2.24) is 4.98 Å². The highest BCUT2D eigenvalue weighted by molar-refractivity contribution is 6.34. The second-order valence-electron chi connectivity index (χ2n) is 4.97. The van der Waals surface area contributed by atoms with E-state index >= 15 is 0 Å². The van der Waals surface area contributed by atoms with E-state index in [1.54, 1.807) is 0 Å². The topological polar surface area (TPSA) is 38.1 Å². The number of para-hydroxylation sites is 1. The van der Waals surface area contributed by atoms with Gasteiger partial charge in [-0.15, -0.1) is 0 Å². The van der Waals surface area contributed by atoms with Crippen LogP contribution in [-0.2, 0) is 6.42 Å². The number of oxazole rings is 1. The third-order valence-electron chi connectivity index (χ3n) is 3.69. The molecule has 1 aromatic heterocycles. The number of hydrogen-bond donors (Lipinski definition) is 1. The molecular weight excluding hydrogens is 272 g/mol. The Morgan fingerprint density at radius 2 is 2.05 bits per heavy atom. The van der Waals surface area contributed by atoms with E-state index in [1.807, 2.05) is 24.3 Å². The van der Waals surface area contributed by atoms with Crippen molar-refractivity contribution in [3.63, 3.8) is 0 Å². The van der Waals surface area contributed by atoms with Gasteiger partial charge in [0.25, 0.3) is 0 Å². The molecule has 100 valence electrons. The predicted molar refractivity (Wildman–Crippen MR) is 81.3 cm³/mol. The first-order valence-corrected chi connectivity index (χ1v) is 7.12. The molecule has 0 saturated carbocycles. The van der Waals surface area contributed by atoms with Gasteiger partial charge in [-0.25, -0.2) is 4.98 Å². The number of benzene rings is 2. The summed E-state index contributed by atoms with van der Waals surface area (Å²) >= 11 is 6.16. The first-order valence-electron chi connectivity index (χ1n) is 6.74. The van der Waals surface area contributed by atoms with Crippen LogP contribution in [-0.4, -0.2) is 11.5 Å². The molecule has 0 radical (unpaired) electrons. The normalized spacial score (nSPS) is 14.1. The predicted octanol–water partition coefficient (Wildman–Crippen LogP) is 4.51. The summed E-state index contributed by atoms with van der Waals surface area (Å²) in [6.07, 6.45) is 2.18. The standard InChI is InChI=1S/C16H13ClN2O/c17-12-6-2-8-14-15(12)20-16(19-14)11-4-1-7-13-10(11)5-3-9-18-13/h1-2,4,6-8,18H,3,5,9H2. The van der Waals surface area contributed by atoms with E-state index in [2.05, 4.69) is 22.4 Å². The van der Waals surface area contributed by atoms with Crippen LogP contribution in [0.4, 0.5) is 5.69 Å². The number of hydrogen-bond acceptors (Lipinski definition) is 3. The van der Waals surface area contributed by atoms with Gasteiger partial charge in [-0.3, -0.25) is 0 Å². The number of rotatable bonds is 1. The summed E-state index contributed by atoms with van der Waals surface area (Å²) in [6, 6.07) is 11.8. The van der Waals surface area contributed by atoms with E-state index in [0.717, 1.165) is 30.5 Å². The van der Waals surface area contributed by atoms with Crippen molar-refractivity contribution >= 4 is 28.4 Å². The zero-order valence-electron chi connectivity index (χ0n) is 10.8. The molecule has 0 unspecified atom stereocenters. The second-order valence-corrected chi connectivity index (χ2v) is 5.38. The van der Waals surface area contributed by atoms with Crippen molar-refractivity contribution in [3.05, 3.63) is 47.0 Å². The van der Waals surface area contributed by atoms with Gasteiger partial charge in [0.15, 0.2) is 5.58 Å². The average molecular weight is 285 g/mol. The van der Waals surface area contributed by atoms with E-state index in [1.165, 1.54) is 11.3 Å². The van der Waals surface area contributed by atoms with E-state index in [4.69, 9.17) is 16.0 Å². The zero-order chi connectivity index (χ0) is 13.5. The molecule has 0 atom stereocenters. The third-order valence-corrected chi connectivity index (χ3v) is 3.99. The van der Waals surface area contributed by atoms with Gasteiger partial charge in [-0.05, 0) is 42.7 Å². The molecule has 4 heteroatoms. The third kappa shape index (κ3) is 1.78. The number of nitrogens with one attached hydrogen (secondary N) is 1. The molecule has 1 aliphatic heterocycles. The highest BCUT2D eigenvalue weighted by Gasteiger charge is 2.18. The number of anilines is 1. The number of aromatic nitrogens is 1. The smallest absolute Gasteiger partial charge is 0.227 e. The lowest BCUT2D eigenvalue weighted by molar-refractivity contribution is 0.618. The van der Waals surface area contributed by atoms with Crippen LogP contribution in [0.25, 0.3) is 22.6 Å². The zero-order valence-corrected chi connectivity index (χ0v) is 11.6. The van der Waals surface area contributed by atoms with Crippen LogP contribution in [0.3, 0.4) is 0 Å². The van der Waals surface area contributed by atoms with E-state index < -0.39 is 0 Å². The largest absolute Gasteiger partial charge is 0.434 e. The molecule has 0 fully saturated rings. The Morgan fingerprint density at radius 3 is 2.95 bits per heavy atom. The fourth-order valence-corrected chi connectivity index (χ4v) is 2.95. The maximum absolute atomic E-state index is 6.16. The summed E-state index contributed by atoms with van der Waals surface area (Å²) < 4.78 is 5.88. The number of fused-ring (bicyclic) bond motifs is 2. The van der Waals surface area contributed by atoms with Crippen molar-refractivity contribution in [2.45, 2.75) is 12.8 Å². The Bertz CT molecular complexity index is 794. The molecule has 0 aliphatic carbocycles. The molecule has 2 heterocycles. The SMILES string of the molecule is Clc1cccc2nc(-c3cccc4c3CCCN4)oc12. The molecule has 0 spiro atoms. The fraction of sp³-hybridized carbons (Fsp3) is 0.188. The van der Waals surface area contributed by atoms with E-state index in [-0.39, 0.29) is 0 Å². The first kappa shape index (κ1) is 11.8. The van der Waals surface area contributed by atoms with Crippen molar-refractivity contribution in [2.24, 2.45) is 0 Å². The Labute approximate surface area is 121 Å². The number of halogens is 1. The lowest BCUT2D eigenvalue weighted by Crippen LogP contribution is -2.12. The minimum atomic E-state index is 0.601. The summed E-state index contributed by atoms with van der Waals surface area (Å²) in [5.41, 5.74) is 4.98. The molecule has 4 rings (SSSR count). The van der Waals surface area contributed by atoms with Crippen molar-refractivity contribution in [3.8, 4) is 11.5 Å². The fourth-order valence-electron chi connectivity index (χ4n) is 2.74. The van der Waals surface area contributed by atoms with Gasteiger partial charge in [0, 0.05) is 17.8 Å². The van der Waals surface area contributed by atoms with Gasteiger partial charge in [-0.1, -0.05) is 23.7 Å². The lowest BCUT2D eigenvalue weighted by Gasteiger charge is -2.19. The van der Waals surface area contributed by atoms with E-state index in [0.29, 0.717) is 16.5 Å². The van der Waals surface area contributed by atoms with Gasteiger partial charge in [0.1, 0.15) is 5.52 Å². The first-order chi connectivity index (χ1) is 9.83. The maximum Gasteiger partial charge on any atom is 0.227 e. The molecule has 3 aromatic rings. The summed E-state index contributed by atoms with van der Waals surface area (Å²) in [7, 11) is 0. The Kier molecular flexibility index (Phi) is 2.67. The molecule has 1 N–H and O–H groups in total. The van der Waals surface area contributed by atoms with Crippen molar-refractivity contribution in [2.75, 3.05) is 11.9 Å². The molecule has 2 aromatic carbocycles. The highest BCUT2D eigenvalue weighted by atomic mass is 35.5. The monoisotopic (exact) mass is 284 g/mol. The van der Waals surface area contributed by atoms with Crippen molar-refractivity contribution < 1.29 is 4.42 Å². The van der Waals surface area contributed by atoms with Crippen molar-refractivity contribution in [1.29, 1.82) is 0 Å². The van der Waals surface area contributed by atoms with Gasteiger partial charge in [0.05, 0.1) is 5.02 Å². The lowest BCUT2D eigenvalue weighted by atomic mass is 9.97. The second kappa shape index (κ2) is 4.53. The van der Waals surface area contributed by atoms with Crippen LogP contribution < -0.4 is 5.32 Å². The van der Waals surface area contributed by atoms with Crippen LogP contribution in [0.2, 0.25) is 5.02 Å². The molecule has 1 aliphatic rings. The molecule has 20 heavy (non-hydrogen) atoms. The van der Waals surface area contributed by atoms with Gasteiger partial charge >= 0.3 is 0 Å². The number of nitrogens with zero attached hydrogens (tertiary/aromatic N) is 1. The van der Waals surface area contributed by atoms with Crippen LogP contribution in [0.1, 0.15) is 12.0 Å². The summed E-state index contributed by atoms with van der Waals surface area (Å²) in [4.78, 5) is 4.57. The summed E-state index contributed by atoms with van der Waals surface area (Å²) in [6.45, 7) is 1.02. The molecule has 0 bridgehead atoms. The summed E-state index contributed by atoms with van der Waals surface area (Å²) in [5.74, 6) is 0.647. The minimum Gasteiger partial charge on any atom is -0.434 e. The van der Waals surface area contributed by atoms with Crippen LogP contribution in [0, 0.1) is 0 Å². The van der Waals surface area contributed by atoms with E-state index in [9.17, 15) is 0 Å². The quantitative estimate of drug-likeness (QED) is 0.714. The maximum atomic E-state index is 6.16. The molecule has 3 nitrogen and oxygen atoms in total. The Balaban J connectivity index is 1.93. The van der Waals surface area contributed by atoms with Crippen LogP contribution in [0.15, 0.2) is 40.8 Å². The van der Waals surface area contributed by atoms with Crippen LogP contribution in [0.5, 0.6) is 0 Å². The Morgan fingerprint density at radius 1 is 1.15 bits per heavy atom. The summed E-state index contributed by atoms with van der Waals surface area (Å²) in [5, 5.41) is 4.02. The molecule has 0 saturated heterocycles.